The number of hydrogen-bond donors (Lipinski definition) is 1. The summed E-state index contributed by atoms with van der Waals surface area (Å²) in [6.45, 7) is 5.98. The number of carbonyl (C=O) groups excluding carboxylic acids is 3. The molecule has 4 amide bonds. The molecule has 0 spiro atoms. The lowest BCUT2D eigenvalue weighted by Gasteiger charge is -2.22. The van der Waals surface area contributed by atoms with Gasteiger partial charge >= 0.3 is 6.03 Å². The summed E-state index contributed by atoms with van der Waals surface area (Å²) >= 11 is 0. The second kappa shape index (κ2) is 6.43. The highest BCUT2D eigenvalue weighted by atomic mass is 16.2. The molecule has 0 atom stereocenters. The Morgan fingerprint density at radius 3 is 2.23 bits per heavy atom. The van der Waals surface area contributed by atoms with Crippen molar-refractivity contribution in [1.82, 2.24) is 10.2 Å². The lowest BCUT2D eigenvalue weighted by molar-refractivity contribution is -0.129. The average Bonchev–Trinajstić information content (AvgIpc) is 2.52. The highest BCUT2D eigenvalue weighted by Gasteiger charge is 2.32. The largest absolute Gasteiger partial charge is 0.372 e. The van der Waals surface area contributed by atoms with Gasteiger partial charge < -0.3 is 4.90 Å². The summed E-state index contributed by atoms with van der Waals surface area (Å²) in [6, 6.07) is 6.87. The van der Waals surface area contributed by atoms with E-state index in [0.29, 0.717) is 0 Å². The number of urea groups is 1. The van der Waals surface area contributed by atoms with E-state index in [4.69, 9.17) is 0 Å². The van der Waals surface area contributed by atoms with Crippen LogP contribution in [-0.2, 0) is 9.59 Å². The number of carbonyl (C=O) groups is 3. The van der Waals surface area contributed by atoms with Crippen LogP contribution in [-0.4, -0.2) is 42.9 Å². The van der Waals surface area contributed by atoms with Crippen LogP contribution >= 0.6 is 0 Å². The summed E-state index contributed by atoms with van der Waals surface area (Å²) in [5, 5.41) is 2.13. The number of imide groups is 2. The summed E-state index contributed by atoms with van der Waals surface area (Å²) in [4.78, 5) is 38.2. The molecule has 0 saturated carbocycles. The fourth-order valence-electron chi connectivity index (χ4n) is 2.28. The maximum atomic E-state index is 12.0. The van der Waals surface area contributed by atoms with Crippen LogP contribution in [0.15, 0.2) is 29.8 Å². The van der Waals surface area contributed by atoms with Crippen molar-refractivity contribution in [2.75, 3.05) is 25.0 Å². The third-order valence-corrected chi connectivity index (χ3v) is 3.64. The van der Waals surface area contributed by atoms with E-state index in [1.165, 1.54) is 13.1 Å². The van der Waals surface area contributed by atoms with Gasteiger partial charge in [-0.05, 0) is 37.6 Å². The third-order valence-electron chi connectivity index (χ3n) is 3.64. The van der Waals surface area contributed by atoms with E-state index in [-0.39, 0.29) is 5.57 Å². The second-order valence-electron chi connectivity index (χ2n) is 4.95. The first-order valence-corrected chi connectivity index (χ1v) is 7.18. The molecule has 2 rings (SSSR count). The lowest BCUT2D eigenvalue weighted by atomic mass is 10.1. The quantitative estimate of drug-likeness (QED) is 0.678. The second-order valence-corrected chi connectivity index (χ2v) is 4.95. The minimum absolute atomic E-state index is 0.0438. The number of benzene rings is 1. The van der Waals surface area contributed by atoms with Gasteiger partial charge in [-0.2, -0.15) is 0 Å². The number of hydrogen-bond acceptors (Lipinski definition) is 4. The molecule has 0 unspecified atom stereocenters. The van der Waals surface area contributed by atoms with Gasteiger partial charge in [0.05, 0.1) is 0 Å². The normalized spacial score (nSPS) is 17.0. The summed E-state index contributed by atoms with van der Waals surface area (Å²) < 4.78 is 0. The number of anilines is 1. The van der Waals surface area contributed by atoms with Crippen molar-refractivity contribution in [3.63, 3.8) is 0 Å². The minimum atomic E-state index is -0.705. The standard InChI is InChI=1S/C16H19N3O3/c1-4-19(5-2)12-8-6-11(7-9-12)10-13-14(20)17-16(22)18(3)15(13)21/h6-10H,4-5H2,1-3H3,(H,17,20,22)/b13-10-. The molecular weight excluding hydrogens is 282 g/mol. The number of nitrogens with zero attached hydrogens (tertiary/aromatic N) is 2. The Morgan fingerprint density at radius 2 is 1.68 bits per heavy atom. The predicted octanol–water partition coefficient (Wildman–Crippen LogP) is 1.62. The van der Waals surface area contributed by atoms with Crippen LogP contribution in [0.4, 0.5) is 10.5 Å². The van der Waals surface area contributed by atoms with Crippen molar-refractivity contribution in [1.29, 1.82) is 0 Å². The van der Waals surface area contributed by atoms with E-state index in [9.17, 15) is 14.4 Å². The Bertz CT molecular complexity index is 631. The molecule has 22 heavy (non-hydrogen) atoms. The zero-order chi connectivity index (χ0) is 16.3. The molecule has 116 valence electrons. The van der Waals surface area contributed by atoms with Crippen LogP contribution in [0.2, 0.25) is 0 Å². The monoisotopic (exact) mass is 301 g/mol. The van der Waals surface area contributed by atoms with Gasteiger partial charge in [-0.3, -0.25) is 19.8 Å². The third kappa shape index (κ3) is 3.00. The molecule has 0 aliphatic carbocycles. The van der Waals surface area contributed by atoms with Gasteiger partial charge in [-0.25, -0.2) is 4.79 Å². The Morgan fingerprint density at radius 1 is 1.09 bits per heavy atom. The maximum Gasteiger partial charge on any atom is 0.331 e. The topological polar surface area (TPSA) is 69.7 Å². The number of rotatable bonds is 4. The van der Waals surface area contributed by atoms with E-state index in [1.54, 1.807) is 0 Å². The molecule has 0 bridgehead atoms. The zero-order valence-corrected chi connectivity index (χ0v) is 12.9. The van der Waals surface area contributed by atoms with Crippen LogP contribution in [0.5, 0.6) is 0 Å². The summed E-state index contributed by atoms with van der Waals surface area (Å²) in [6.07, 6.45) is 1.49. The number of nitrogens with one attached hydrogen (secondary N) is 1. The lowest BCUT2D eigenvalue weighted by Crippen LogP contribution is -2.52. The molecule has 0 radical (unpaired) electrons. The Balaban J connectivity index is 2.27. The number of likely N-dealkylation sites (N-methyl/N-ethyl adjacent to an activating group) is 1. The van der Waals surface area contributed by atoms with Crippen molar-refractivity contribution in [3.8, 4) is 0 Å². The van der Waals surface area contributed by atoms with E-state index < -0.39 is 17.8 Å². The fraction of sp³-hybridized carbons (Fsp3) is 0.312. The van der Waals surface area contributed by atoms with Crippen LogP contribution in [0.1, 0.15) is 19.4 Å². The van der Waals surface area contributed by atoms with Crippen LogP contribution in [0.3, 0.4) is 0 Å². The smallest absolute Gasteiger partial charge is 0.331 e. The van der Waals surface area contributed by atoms with Gasteiger partial charge in [-0.15, -0.1) is 0 Å². The minimum Gasteiger partial charge on any atom is -0.372 e. The Kier molecular flexibility index (Phi) is 4.60. The van der Waals surface area contributed by atoms with E-state index in [1.807, 2.05) is 24.3 Å². The van der Waals surface area contributed by atoms with Crippen molar-refractivity contribution in [2.45, 2.75) is 13.8 Å². The van der Waals surface area contributed by atoms with Crippen molar-refractivity contribution in [2.24, 2.45) is 0 Å². The zero-order valence-electron chi connectivity index (χ0n) is 12.9. The molecule has 1 fully saturated rings. The number of amides is 4. The molecule has 1 heterocycles. The molecule has 6 heteroatoms. The van der Waals surface area contributed by atoms with Crippen LogP contribution in [0.25, 0.3) is 6.08 Å². The van der Waals surface area contributed by atoms with Gasteiger partial charge in [0.1, 0.15) is 5.57 Å². The molecule has 1 saturated heterocycles. The highest BCUT2D eigenvalue weighted by molar-refractivity contribution is 6.30. The molecule has 1 aliphatic heterocycles. The molecule has 1 aromatic carbocycles. The first-order valence-electron chi connectivity index (χ1n) is 7.18. The van der Waals surface area contributed by atoms with Crippen molar-refractivity contribution in [3.05, 3.63) is 35.4 Å². The average molecular weight is 301 g/mol. The Hall–Kier alpha value is -2.63. The summed E-state index contributed by atoms with van der Waals surface area (Å²) in [7, 11) is 1.33. The van der Waals surface area contributed by atoms with E-state index in [2.05, 4.69) is 24.1 Å². The van der Waals surface area contributed by atoms with Gasteiger partial charge in [-0.1, -0.05) is 12.1 Å². The molecule has 6 nitrogen and oxygen atoms in total. The predicted molar refractivity (Wildman–Crippen MR) is 84.3 cm³/mol. The fourth-order valence-corrected chi connectivity index (χ4v) is 2.28. The first kappa shape index (κ1) is 15.8. The van der Waals surface area contributed by atoms with Gasteiger partial charge in [0.2, 0.25) is 0 Å². The van der Waals surface area contributed by atoms with E-state index >= 15 is 0 Å². The molecule has 1 N–H and O–H groups in total. The Labute approximate surface area is 129 Å². The highest BCUT2D eigenvalue weighted by Crippen LogP contribution is 2.18. The molecular formula is C16H19N3O3. The number of barbiturate groups is 1. The van der Waals surface area contributed by atoms with Gasteiger partial charge in [0.25, 0.3) is 11.8 Å². The van der Waals surface area contributed by atoms with Crippen LogP contribution < -0.4 is 10.2 Å². The SMILES string of the molecule is CCN(CC)c1ccc(/C=C2/C(=O)NC(=O)N(C)C2=O)cc1. The van der Waals surface area contributed by atoms with Crippen molar-refractivity contribution >= 4 is 29.6 Å². The van der Waals surface area contributed by atoms with Crippen LogP contribution in [0, 0.1) is 0 Å². The van der Waals surface area contributed by atoms with E-state index in [0.717, 1.165) is 29.2 Å². The molecule has 1 aliphatic rings. The summed E-state index contributed by atoms with van der Waals surface area (Å²) in [5.74, 6) is -1.26. The summed E-state index contributed by atoms with van der Waals surface area (Å²) in [5.41, 5.74) is 1.77. The maximum absolute atomic E-state index is 12.0. The molecule has 0 aromatic heterocycles. The van der Waals surface area contributed by atoms with Gasteiger partial charge in [0, 0.05) is 25.8 Å². The molecule has 1 aromatic rings. The van der Waals surface area contributed by atoms with Gasteiger partial charge in [0.15, 0.2) is 0 Å². The van der Waals surface area contributed by atoms with Crippen molar-refractivity contribution < 1.29 is 14.4 Å². The first-order chi connectivity index (χ1) is 10.5.